The summed E-state index contributed by atoms with van der Waals surface area (Å²) >= 11 is 0. The van der Waals surface area contributed by atoms with Crippen LogP contribution in [0.1, 0.15) is 29.5 Å². The van der Waals surface area contributed by atoms with Crippen LogP contribution >= 0.6 is 0 Å². The molecule has 8 heteroatoms. The molecule has 1 amide bonds. The molecule has 1 fully saturated rings. The van der Waals surface area contributed by atoms with E-state index in [1.54, 1.807) is 12.4 Å². The van der Waals surface area contributed by atoms with Gasteiger partial charge in [0.1, 0.15) is 6.10 Å². The fourth-order valence-corrected chi connectivity index (χ4v) is 4.61. The van der Waals surface area contributed by atoms with Gasteiger partial charge < -0.3 is 15.4 Å². The second-order valence-corrected chi connectivity index (χ2v) is 8.62. The zero-order valence-corrected chi connectivity index (χ0v) is 18.8. The Kier molecular flexibility index (Phi) is 6.02. The van der Waals surface area contributed by atoms with Gasteiger partial charge in [0.05, 0.1) is 18.8 Å². The van der Waals surface area contributed by atoms with Crippen LogP contribution in [0.25, 0.3) is 11.1 Å². The smallest absolute Gasteiger partial charge is 0.241 e. The summed E-state index contributed by atoms with van der Waals surface area (Å²) in [7, 11) is 0. The number of amides is 1. The van der Waals surface area contributed by atoms with Crippen LogP contribution in [-0.4, -0.2) is 58.5 Å². The third-order valence-corrected chi connectivity index (χ3v) is 6.23. The molecule has 5 rings (SSSR count). The van der Waals surface area contributed by atoms with Gasteiger partial charge in [-0.3, -0.25) is 14.7 Å². The number of morpholine rings is 1. The Bertz CT molecular complexity index is 1150. The SMILES string of the molecule is Cc1cc(-c2cnc(N)nc2)cc([C@@H]2CN(CC(=O)N3CCCc4ccccc43)CCO2)n1. The maximum absolute atomic E-state index is 13.2. The van der Waals surface area contributed by atoms with Crippen LogP contribution in [0.4, 0.5) is 11.6 Å². The molecule has 4 heterocycles. The number of hydrogen-bond donors (Lipinski definition) is 1. The predicted molar refractivity (Wildman–Crippen MR) is 127 cm³/mol. The second-order valence-electron chi connectivity index (χ2n) is 8.62. The van der Waals surface area contributed by atoms with Gasteiger partial charge >= 0.3 is 0 Å². The van der Waals surface area contributed by atoms with Crippen LogP contribution in [0.2, 0.25) is 0 Å². The first-order chi connectivity index (χ1) is 16.1. The van der Waals surface area contributed by atoms with Crippen LogP contribution in [0, 0.1) is 6.92 Å². The number of carbonyl (C=O) groups excluding carboxylic acids is 1. The third kappa shape index (κ3) is 4.72. The topological polar surface area (TPSA) is 97.5 Å². The Morgan fingerprint density at radius 2 is 1.97 bits per heavy atom. The molecule has 2 aliphatic heterocycles. The van der Waals surface area contributed by atoms with E-state index in [0.29, 0.717) is 19.7 Å². The van der Waals surface area contributed by atoms with Crippen LogP contribution in [0.15, 0.2) is 48.8 Å². The van der Waals surface area contributed by atoms with Gasteiger partial charge in [0.15, 0.2) is 0 Å². The number of rotatable bonds is 4. The number of aryl methyl sites for hydroxylation is 2. The van der Waals surface area contributed by atoms with Crippen LogP contribution in [-0.2, 0) is 16.0 Å². The van der Waals surface area contributed by atoms with Crippen LogP contribution in [0.5, 0.6) is 0 Å². The Morgan fingerprint density at radius 3 is 2.82 bits per heavy atom. The largest absolute Gasteiger partial charge is 0.369 e. The number of anilines is 2. The fourth-order valence-electron chi connectivity index (χ4n) is 4.61. The summed E-state index contributed by atoms with van der Waals surface area (Å²) in [5, 5.41) is 0. The lowest BCUT2D eigenvalue weighted by atomic mass is 10.0. The number of nitrogen functional groups attached to an aromatic ring is 1. The molecular weight excluding hydrogens is 416 g/mol. The maximum atomic E-state index is 13.2. The van der Waals surface area contributed by atoms with E-state index in [-0.39, 0.29) is 18.0 Å². The van der Waals surface area contributed by atoms with Gasteiger partial charge in [-0.2, -0.15) is 0 Å². The normalized spacial score (nSPS) is 18.7. The van der Waals surface area contributed by atoms with E-state index in [4.69, 9.17) is 15.5 Å². The van der Waals surface area contributed by atoms with Crippen molar-refractivity contribution in [2.75, 3.05) is 43.4 Å². The van der Waals surface area contributed by atoms with Crippen LogP contribution < -0.4 is 10.6 Å². The standard InChI is InChI=1S/C25H28N6O2/c1-17-11-19(20-13-27-25(26)28-14-20)12-21(29-17)23-15-30(9-10-33-23)16-24(32)31-8-4-6-18-5-2-3-7-22(18)31/h2-3,5,7,11-14,23H,4,6,8-10,15-16H2,1H3,(H2,26,27,28)/t23-/m0/s1. The molecule has 0 spiro atoms. The highest BCUT2D eigenvalue weighted by Gasteiger charge is 2.28. The summed E-state index contributed by atoms with van der Waals surface area (Å²) in [6.07, 6.45) is 5.25. The molecule has 2 N–H and O–H groups in total. The molecule has 170 valence electrons. The zero-order chi connectivity index (χ0) is 22.8. The van der Waals surface area contributed by atoms with E-state index in [0.717, 1.165) is 54.1 Å². The van der Waals surface area contributed by atoms with Crippen LogP contribution in [0.3, 0.4) is 0 Å². The van der Waals surface area contributed by atoms with Gasteiger partial charge in [0, 0.05) is 49.0 Å². The molecule has 1 saturated heterocycles. The average Bonchev–Trinajstić information content (AvgIpc) is 2.84. The minimum Gasteiger partial charge on any atom is -0.369 e. The van der Waals surface area contributed by atoms with E-state index in [1.165, 1.54) is 5.56 Å². The Balaban J connectivity index is 1.30. The van der Waals surface area contributed by atoms with E-state index in [2.05, 4.69) is 20.9 Å². The van der Waals surface area contributed by atoms with Crippen molar-refractivity contribution < 1.29 is 9.53 Å². The van der Waals surface area contributed by atoms with Crippen molar-refractivity contribution in [3.63, 3.8) is 0 Å². The van der Waals surface area contributed by atoms with Gasteiger partial charge in [-0.15, -0.1) is 0 Å². The van der Waals surface area contributed by atoms with Gasteiger partial charge in [-0.1, -0.05) is 18.2 Å². The highest BCUT2D eigenvalue weighted by Crippen LogP contribution is 2.29. The summed E-state index contributed by atoms with van der Waals surface area (Å²) in [5.74, 6) is 0.386. The molecular formula is C25H28N6O2. The van der Waals surface area contributed by atoms with Crippen molar-refractivity contribution in [2.45, 2.75) is 25.9 Å². The molecule has 1 aromatic carbocycles. The lowest BCUT2D eigenvalue weighted by molar-refractivity contribution is -0.122. The number of para-hydroxylation sites is 1. The molecule has 0 radical (unpaired) electrons. The second kappa shape index (κ2) is 9.25. The number of fused-ring (bicyclic) bond motifs is 1. The van der Waals surface area contributed by atoms with Crippen molar-refractivity contribution in [3.05, 3.63) is 65.7 Å². The van der Waals surface area contributed by atoms with E-state index >= 15 is 0 Å². The zero-order valence-electron chi connectivity index (χ0n) is 18.8. The summed E-state index contributed by atoms with van der Waals surface area (Å²) in [6.45, 7) is 5.01. The van der Waals surface area contributed by atoms with Gasteiger partial charge in [-0.05, 0) is 49.1 Å². The van der Waals surface area contributed by atoms with Gasteiger partial charge in [-0.25, -0.2) is 9.97 Å². The first-order valence-electron chi connectivity index (χ1n) is 11.4. The lowest BCUT2D eigenvalue weighted by Gasteiger charge is -2.35. The molecule has 0 unspecified atom stereocenters. The first kappa shape index (κ1) is 21.5. The Morgan fingerprint density at radius 1 is 1.15 bits per heavy atom. The highest BCUT2D eigenvalue weighted by atomic mass is 16.5. The number of nitrogens with two attached hydrogens (primary N) is 1. The summed E-state index contributed by atoms with van der Waals surface area (Å²) in [4.78, 5) is 30.2. The molecule has 8 nitrogen and oxygen atoms in total. The molecule has 2 aliphatic rings. The summed E-state index contributed by atoms with van der Waals surface area (Å²) < 4.78 is 6.06. The quantitative estimate of drug-likeness (QED) is 0.661. The average molecular weight is 445 g/mol. The fraction of sp³-hybridized carbons (Fsp3) is 0.360. The monoisotopic (exact) mass is 444 g/mol. The molecule has 0 bridgehead atoms. The number of ether oxygens (including phenoxy) is 1. The minimum absolute atomic E-state index is 0.139. The Hall–Kier alpha value is -3.36. The maximum Gasteiger partial charge on any atom is 0.241 e. The highest BCUT2D eigenvalue weighted by molar-refractivity contribution is 5.96. The number of pyridine rings is 1. The molecule has 2 aromatic heterocycles. The summed E-state index contributed by atoms with van der Waals surface area (Å²) in [5.41, 5.74) is 11.5. The molecule has 1 atom stereocenters. The number of benzene rings is 1. The van der Waals surface area contributed by atoms with E-state index < -0.39 is 0 Å². The lowest BCUT2D eigenvalue weighted by Crippen LogP contribution is -2.47. The van der Waals surface area contributed by atoms with Crippen molar-refractivity contribution in [1.82, 2.24) is 19.9 Å². The van der Waals surface area contributed by atoms with Gasteiger partial charge in [0.2, 0.25) is 11.9 Å². The van der Waals surface area contributed by atoms with Gasteiger partial charge in [0.25, 0.3) is 0 Å². The first-order valence-corrected chi connectivity index (χ1v) is 11.4. The number of nitrogens with zero attached hydrogens (tertiary/aromatic N) is 5. The molecule has 3 aromatic rings. The van der Waals surface area contributed by atoms with Crippen molar-refractivity contribution in [1.29, 1.82) is 0 Å². The molecule has 0 saturated carbocycles. The third-order valence-electron chi connectivity index (χ3n) is 6.23. The number of aromatic nitrogens is 3. The summed E-state index contributed by atoms with van der Waals surface area (Å²) in [6, 6.07) is 12.2. The predicted octanol–water partition coefficient (Wildman–Crippen LogP) is 2.78. The molecule has 33 heavy (non-hydrogen) atoms. The Labute approximate surface area is 193 Å². The van der Waals surface area contributed by atoms with E-state index in [9.17, 15) is 4.79 Å². The van der Waals surface area contributed by atoms with E-state index in [1.807, 2.05) is 42.2 Å². The van der Waals surface area contributed by atoms with Crippen molar-refractivity contribution in [3.8, 4) is 11.1 Å². The van der Waals surface area contributed by atoms with Crippen molar-refractivity contribution >= 4 is 17.5 Å². The number of carbonyl (C=O) groups is 1. The van der Waals surface area contributed by atoms with Crippen molar-refractivity contribution in [2.24, 2.45) is 0 Å². The minimum atomic E-state index is -0.200. The molecule has 0 aliphatic carbocycles. The number of hydrogen-bond acceptors (Lipinski definition) is 7.